The fourth-order valence-electron chi connectivity index (χ4n) is 3.08. The van der Waals surface area contributed by atoms with Crippen molar-refractivity contribution in [1.82, 2.24) is 9.97 Å². The van der Waals surface area contributed by atoms with Gasteiger partial charge in [0.1, 0.15) is 22.8 Å². The molecule has 1 aliphatic carbocycles. The van der Waals surface area contributed by atoms with E-state index in [2.05, 4.69) is 15.3 Å². The highest BCUT2D eigenvalue weighted by Gasteiger charge is 2.20. The van der Waals surface area contributed by atoms with Gasteiger partial charge in [0.05, 0.1) is 5.39 Å². The molecule has 22 heavy (non-hydrogen) atoms. The molecule has 0 aliphatic heterocycles. The van der Waals surface area contributed by atoms with E-state index in [0.717, 1.165) is 29.1 Å². The number of halogens is 1. The number of hydrogen-bond acceptors (Lipinski definition) is 4. The van der Waals surface area contributed by atoms with Crippen LogP contribution in [0.3, 0.4) is 0 Å². The molecule has 4 rings (SSSR count). The van der Waals surface area contributed by atoms with Gasteiger partial charge in [-0.2, -0.15) is 0 Å². The van der Waals surface area contributed by atoms with E-state index in [-0.39, 0.29) is 5.82 Å². The topological polar surface area (TPSA) is 37.8 Å². The van der Waals surface area contributed by atoms with Crippen LogP contribution >= 0.6 is 11.3 Å². The summed E-state index contributed by atoms with van der Waals surface area (Å²) in [4.78, 5) is 11.3. The third-order valence-electron chi connectivity index (χ3n) is 4.15. The summed E-state index contributed by atoms with van der Waals surface area (Å²) in [6.07, 6.45) is 5.75. The molecule has 1 aromatic carbocycles. The van der Waals surface area contributed by atoms with Crippen LogP contribution in [-0.2, 0) is 19.3 Å². The molecule has 0 spiro atoms. The summed E-state index contributed by atoms with van der Waals surface area (Å²) >= 11 is 1.78. The van der Waals surface area contributed by atoms with Crippen molar-refractivity contribution >= 4 is 27.4 Å². The van der Waals surface area contributed by atoms with Crippen molar-refractivity contribution < 1.29 is 4.39 Å². The number of fused-ring (bicyclic) bond motifs is 3. The second-order valence-electron chi connectivity index (χ2n) is 5.53. The molecule has 112 valence electrons. The monoisotopic (exact) mass is 313 g/mol. The minimum absolute atomic E-state index is 0.145. The largest absolute Gasteiger partial charge is 0.369 e. The second-order valence-corrected chi connectivity index (χ2v) is 6.61. The Kier molecular flexibility index (Phi) is 3.50. The van der Waals surface area contributed by atoms with Crippen molar-refractivity contribution in [3.05, 3.63) is 52.4 Å². The fraction of sp³-hybridized carbons (Fsp3) is 0.294. The molecule has 2 aromatic heterocycles. The number of anilines is 1. The van der Waals surface area contributed by atoms with Gasteiger partial charge in [-0.1, -0.05) is 18.2 Å². The Bertz CT molecular complexity index is 828. The van der Waals surface area contributed by atoms with E-state index < -0.39 is 0 Å². The molecule has 0 amide bonds. The van der Waals surface area contributed by atoms with Crippen molar-refractivity contribution in [1.29, 1.82) is 0 Å². The molecule has 0 saturated heterocycles. The van der Waals surface area contributed by atoms with Crippen LogP contribution in [-0.4, -0.2) is 16.5 Å². The van der Waals surface area contributed by atoms with E-state index in [0.29, 0.717) is 13.0 Å². The third kappa shape index (κ3) is 2.35. The lowest BCUT2D eigenvalue weighted by atomic mass is 10.1. The Morgan fingerprint density at radius 1 is 1.18 bits per heavy atom. The van der Waals surface area contributed by atoms with E-state index >= 15 is 0 Å². The van der Waals surface area contributed by atoms with E-state index in [1.165, 1.54) is 28.3 Å². The molecule has 3 nitrogen and oxygen atoms in total. The lowest BCUT2D eigenvalue weighted by Gasteiger charge is -2.08. The molecule has 5 heteroatoms. The highest BCUT2D eigenvalue weighted by molar-refractivity contribution is 7.19. The van der Waals surface area contributed by atoms with Crippen LogP contribution in [0.25, 0.3) is 10.2 Å². The van der Waals surface area contributed by atoms with Crippen molar-refractivity contribution in [3.8, 4) is 0 Å². The molecule has 0 radical (unpaired) electrons. The van der Waals surface area contributed by atoms with Gasteiger partial charge < -0.3 is 5.32 Å². The Labute approximate surface area is 132 Å². The zero-order chi connectivity index (χ0) is 14.9. The number of thiophene rings is 1. The minimum Gasteiger partial charge on any atom is -0.369 e. The van der Waals surface area contributed by atoms with Crippen molar-refractivity contribution in [2.45, 2.75) is 25.7 Å². The van der Waals surface area contributed by atoms with Gasteiger partial charge in [-0.15, -0.1) is 11.3 Å². The Hall–Kier alpha value is -2.01. The lowest BCUT2D eigenvalue weighted by molar-refractivity contribution is 0.610. The first kappa shape index (κ1) is 13.6. The predicted molar refractivity (Wildman–Crippen MR) is 88.0 cm³/mol. The van der Waals surface area contributed by atoms with Crippen LogP contribution < -0.4 is 5.32 Å². The van der Waals surface area contributed by atoms with Gasteiger partial charge in [0.2, 0.25) is 0 Å². The predicted octanol–water partition coefficient (Wildman–Crippen LogP) is 3.97. The molecule has 3 aromatic rings. The minimum atomic E-state index is -0.145. The summed E-state index contributed by atoms with van der Waals surface area (Å²) in [6, 6.07) is 6.92. The number of aromatic nitrogens is 2. The van der Waals surface area contributed by atoms with Crippen molar-refractivity contribution in [3.63, 3.8) is 0 Å². The van der Waals surface area contributed by atoms with Crippen LogP contribution in [0, 0.1) is 5.82 Å². The zero-order valence-electron chi connectivity index (χ0n) is 12.1. The SMILES string of the molecule is Fc1ccccc1CCNc1ncnc2sc3c(c12)CCC3. The molecular weight excluding hydrogens is 297 g/mol. The maximum absolute atomic E-state index is 13.6. The Balaban J connectivity index is 1.56. The third-order valence-corrected chi connectivity index (χ3v) is 5.35. The van der Waals surface area contributed by atoms with Crippen LogP contribution in [0.4, 0.5) is 10.2 Å². The van der Waals surface area contributed by atoms with Gasteiger partial charge in [0.25, 0.3) is 0 Å². The highest BCUT2D eigenvalue weighted by atomic mass is 32.1. The Morgan fingerprint density at radius 3 is 3.00 bits per heavy atom. The van der Waals surface area contributed by atoms with Crippen molar-refractivity contribution in [2.75, 3.05) is 11.9 Å². The number of rotatable bonds is 4. The van der Waals surface area contributed by atoms with Crippen LogP contribution in [0.1, 0.15) is 22.4 Å². The summed E-state index contributed by atoms with van der Waals surface area (Å²) in [5, 5.41) is 4.54. The summed E-state index contributed by atoms with van der Waals surface area (Å²) in [5.41, 5.74) is 2.14. The molecule has 0 bridgehead atoms. The molecule has 0 saturated carbocycles. The van der Waals surface area contributed by atoms with E-state index in [4.69, 9.17) is 0 Å². The average molecular weight is 313 g/mol. The summed E-state index contributed by atoms with van der Waals surface area (Å²) < 4.78 is 13.6. The maximum atomic E-state index is 13.6. The van der Waals surface area contributed by atoms with Crippen LogP contribution in [0.2, 0.25) is 0 Å². The van der Waals surface area contributed by atoms with Crippen LogP contribution in [0.15, 0.2) is 30.6 Å². The van der Waals surface area contributed by atoms with Gasteiger partial charge in [-0.25, -0.2) is 14.4 Å². The van der Waals surface area contributed by atoms with E-state index in [1.54, 1.807) is 23.7 Å². The molecule has 0 atom stereocenters. The van der Waals surface area contributed by atoms with E-state index in [9.17, 15) is 4.39 Å². The first-order valence-corrected chi connectivity index (χ1v) is 8.37. The quantitative estimate of drug-likeness (QED) is 0.792. The molecule has 2 heterocycles. The number of nitrogens with zero attached hydrogens (tertiary/aromatic N) is 2. The molecular formula is C17H16FN3S. The molecule has 0 unspecified atom stereocenters. The lowest BCUT2D eigenvalue weighted by Crippen LogP contribution is -2.08. The smallest absolute Gasteiger partial charge is 0.138 e. The molecule has 1 N–H and O–H groups in total. The average Bonchev–Trinajstić information content (AvgIpc) is 3.10. The van der Waals surface area contributed by atoms with Crippen LogP contribution in [0.5, 0.6) is 0 Å². The summed E-state index contributed by atoms with van der Waals surface area (Å²) in [7, 11) is 0. The van der Waals surface area contributed by atoms with Gasteiger partial charge in [-0.05, 0) is 42.9 Å². The number of benzene rings is 1. The maximum Gasteiger partial charge on any atom is 0.138 e. The van der Waals surface area contributed by atoms with E-state index in [1.807, 2.05) is 12.1 Å². The fourth-order valence-corrected chi connectivity index (χ4v) is 4.31. The number of hydrogen-bond donors (Lipinski definition) is 1. The molecule has 0 fully saturated rings. The normalized spacial score (nSPS) is 13.5. The summed E-state index contributed by atoms with van der Waals surface area (Å²) in [5.74, 6) is 0.745. The van der Waals surface area contributed by atoms with Crippen molar-refractivity contribution in [2.24, 2.45) is 0 Å². The first-order valence-electron chi connectivity index (χ1n) is 7.55. The standard InChI is InChI=1S/C17H16FN3S/c18-13-6-2-1-4-11(13)8-9-19-16-15-12-5-3-7-14(12)22-17(15)21-10-20-16/h1-2,4,6,10H,3,5,7-9H2,(H,19,20,21). The van der Waals surface area contributed by atoms with Gasteiger partial charge in [0.15, 0.2) is 0 Å². The number of nitrogens with one attached hydrogen (secondary N) is 1. The van der Waals surface area contributed by atoms with Gasteiger partial charge >= 0.3 is 0 Å². The number of aryl methyl sites for hydroxylation is 2. The zero-order valence-corrected chi connectivity index (χ0v) is 12.9. The highest BCUT2D eigenvalue weighted by Crippen LogP contribution is 2.38. The molecule has 1 aliphatic rings. The Morgan fingerprint density at radius 2 is 2.09 bits per heavy atom. The van der Waals surface area contributed by atoms with Gasteiger partial charge in [0, 0.05) is 11.4 Å². The van der Waals surface area contributed by atoms with Gasteiger partial charge in [-0.3, -0.25) is 0 Å². The summed E-state index contributed by atoms with van der Waals surface area (Å²) in [6.45, 7) is 0.664. The first-order chi connectivity index (χ1) is 10.8. The second kappa shape index (κ2) is 5.65.